The molecule has 0 radical (unpaired) electrons. The van der Waals surface area contributed by atoms with E-state index in [1.165, 1.54) is 56.0 Å². The minimum Gasteiger partial charge on any atom is -0.328 e. The quantitative estimate of drug-likeness (QED) is 0.348. The van der Waals surface area contributed by atoms with Crippen molar-refractivity contribution in [2.45, 2.75) is 77.7 Å². The van der Waals surface area contributed by atoms with Crippen molar-refractivity contribution in [1.29, 1.82) is 0 Å². The Kier molecular flexibility index (Phi) is 7.06. The zero-order valence-corrected chi connectivity index (χ0v) is 19.0. The van der Waals surface area contributed by atoms with E-state index in [1.807, 2.05) is 17.0 Å². The second-order valence-electron chi connectivity index (χ2n) is 8.98. The minimum atomic E-state index is 0.143. The summed E-state index contributed by atoms with van der Waals surface area (Å²) in [7, 11) is 0. The van der Waals surface area contributed by atoms with E-state index in [1.54, 1.807) is 0 Å². The van der Waals surface area contributed by atoms with Gasteiger partial charge in [0.25, 0.3) is 0 Å². The molecular formula is C27H35N3O. The van der Waals surface area contributed by atoms with E-state index in [9.17, 15) is 4.79 Å². The van der Waals surface area contributed by atoms with E-state index in [-0.39, 0.29) is 11.8 Å². The predicted molar refractivity (Wildman–Crippen MR) is 129 cm³/mol. The average Bonchev–Trinajstić information content (AvgIpc) is 3.34. The van der Waals surface area contributed by atoms with Crippen LogP contribution in [0.25, 0.3) is 11.0 Å². The smallest absolute Gasteiger partial charge is 0.227 e. The van der Waals surface area contributed by atoms with Crippen LogP contribution in [-0.2, 0) is 11.3 Å². The van der Waals surface area contributed by atoms with Gasteiger partial charge in [0.05, 0.1) is 11.0 Å². The lowest BCUT2D eigenvalue weighted by Crippen LogP contribution is -2.24. The lowest BCUT2D eigenvalue weighted by molar-refractivity contribution is -0.117. The molecule has 3 aromatic rings. The summed E-state index contributed by atoms with van der Waals surface area (Å²) < 4.78 is 2.39. The Morgan fingerprint density at radius 1 is 0.968 bits per heavy atom. The number of hydrogen-bond acceptors (Lipinski definition) is 2. The molecule has 0 N–H and O–H groups in total. The molecule has 1 fully saturated rings. The van der Waals surface area contributed by atoms with Gasteiger partial charge < -0.3 is 9.47 Å². The van der Waals surface area contributed by atoms with Crippen molar-refractivity contribution in [2.75, 3.05) is 11.4 Å². The zero-order valence-electron chi connectivity index (χ0n) is 19.0. The Labute approximate surface area is 186 Å². The van der Waals surface area contributed by atoms with E-state index in [0.717, 1.165) is 23.6 Å². The van der Waals surface area contributed by atoms with Gasteiger partial charge in [-0.1, -0.05) is 69.7 Å². The number of hydrogen-bond donors (Lipinski definition) is 0. The fraction of sp³-hybridized carbons (Fsp3) is 0.481. The van der Waals surface area contributed by atoms with Gasteiger partial charge in [0.15, 0.2) is 0 Å². The maximum absolute atomic E-state index is 12.9. The summed E-state index contributed by atoms with van der Waals surface area (Å²) >= 11 is 0. The Hall–Kier alpha value is -2.62. The number of carbonyl (C=O) groups excluding carboxylic acids is 1. The summed E-state index contributed by atoms with van der Waals surface area (Å²) in [5, 5.41) is 0. The normalized spacial score (nSPS) is 16.5. The topological polar surface area (TPSA) is 38.1 Å². The van der Waals surface area contributed by atoms with Gasteiger partial charge in [0.2, 0.25) is 5.91 Å². The standard InChI is InChI=1S/C27H35N3O/c1-3-4-5-6-7-8-11-17-29-25-16-10-9-15-24(25)28-27(29)22-19-26(31)30(20-22)23-14-12-13-21(2)18-23/h9-10,12-16,18,22H,3-8,11,17,19-20H2,1-2H3/t22-/m0/s1. The second-order valence-corrected chi connectivity index (χ2v) is 8.98. The first-order chi connectivity index (χ1) is 15.2. The van der Waals surface area contributed by atoms with Crippen LogP contribution in [0.4, 0.5) is 5.69 Å². The van der Waals surface area contributed by atoms with Crippen molar-refractivity contribution in [3.63, 3.8) is 0 Å². The zero-order chi connectivity index (χ0) is 21.6. The number of para-hydroxylation sites is 2. The van der Waals surface area contributed by atoms with Gasteiger partial charge in [-0.05, 0) is 43.2 Å². The second kappa shape index (κ2) is 10.1. The number of rotatable bonds is 10. The maximum Gasteiger partial charge on any atom is 0.227 e. The van der Waals surface area contributed by atoms with Crippen LogP contribution in [0.3, 0.4) is 0 Å². The molecule has 4 rings (SSSR count). The molecule has 1 amide bonds. The highest BCUT2D eigenvalue weighted by Gasteiger charge is 2.34. The lowest BCUT2D eigenvalue weighted by Gasteiger charge is -2.18. The molecule has 2 heterocycles. The number of carbonyl (C=O) groups is 1. The molecule has 0 aliphatic carbocycles. The molecule has 0 bridgehead atoms. The van der Waals surface area contributed by atoms with Crippen LogP contribution in [0.15, 0.2) is 48.5 Å². The van der Waals surface area contributed by atoms with E-state index in [4.69, 9.17) is 4.98 Å². The lowest BCUT2D eigenvalue weighted by atomic mass is 10.1. The third-order valence-corrected chi connectivity index (χ3v) is 6.47. The summed E-state index contributed by atoms with van der Waals surface area (Å²) in [6.07, 6.45) is 9.62. The van der Waals surface area contributed by atoms with Gasteiger partial charge in [-0.25, -0.2) is 4.98 Å². The molecule has 0 saturated carbocycles. The van der Waals surface area contributed by atoms with E-state index < -0.39 is 0 Å². The first kappa shape index (κ1) is 21.6. The molecule has 1 aliphatic heterocycles. The van der Waals surface area contributed by atoms with Crippen LogP contribution in [-0.4, -0.2) is 22.0 Å². The Morgan fingerprint density at radius 2 is 1.74 bits per heavy atom. The fourth-order valence-corrected chi connectivity index (χ4v) is 4.79. The summed E-state index contributed by atoms with van der Waals surface area (Å²) in [5.74, 6) is 1.42. The summed E-state index contributed by atoms with van der Waals surface area (Å²) in [5.41, 5.74) is 4.43. The van der Waals surface area contributed by atoms with E-state index in [0.29, 0.717) is 13.0 Å². The van der Waals surface area contributed by atoms with Crippen molar-refractivity contribution < 1.29 is 4.79 Å². The number of aryl methyl sites for hydroxylation is 2. The summed E-state index contributed by atoms with van der Waals surface area (Å²) in [6, 6.07) is 16.6. The molecule has 31 heavy (non-hydrogen) atoms. The molecule has 4 nitrogen and oxygen atoms in total. The Bertz CT molecular complexity index is 1020. The van der Waals surface area contributed by atoms with Crippen LogP contribution in [0.5, 0.6) is 0 Å². The molecule has 0 spiro atoms. The molecular weight excluding hydrogens is 382 g/mol. The van der Waals surface area contributed by atoms with Gasteiger partial charge >= 0.3 is 0 Å². The first-order valence-electron chi connectivity index (χ1n) is 12.0. The maximum atomic E-state index is 12.9. The van der Waals surface area contributed by atoms with Crippen LogP contribution in [0.1, 0.15) is 75.6 Å². The Balaban J connectivity index is 1.49. The number of benzene rings is 2. The monoisotopic (exact) mass is 417 g/mol. The number of nitrogens with zero attached hydrogens (tertiary/aromatic N) is 3. The number of fused-ring (bicyclic) bond motifs is 1. The number of imidazole rings is 1. The average molecular weight is 418 g/mol. The summed E-state index contributed by atoms with van der Waals surface area (Å²) in [4.78, 5) is 19.8. The van der Waals surface area contributed by atoms with Crippen LogP contribution >= 0.6 is 0 Å². The predicted octanol–water partition coefficient (Wildman–Crippen LogP) is 6.62. The highest BCUT2D eigenvalue weighted by molar-refractivity contribution is 5.96. The molecule has 2 aromatic carbocycles. The van der Waals surface area contributed by atoms with Gasteiger partial charge in [-0.15, -0.1) is 0 Å². The number of amides is 1. The van der Waals surface area contributed by atoms with Gasteiger partial charge in [-0.2, -0.15) is 0 Å². The molecule has 1 aromatic heterocycles. The molecule has 1 aliphatic rings. The number of aromatic nitrogens is 2. The van der Waals surface area contributed by atoms with Gasteiger partial charge in [0, 0.05) is 31.1 Å². The number of anilines is 1. The van der Waals surface area contributed by atoms with Crippen LogP contribution in [0.2, 0.25) is 0 Å². The molecule has 164 valence electrons. The SMILES string of the molecule is CCCCCCCCCn1c([C@H]2CC(=O)N(c3cccc(C)c3)C2)nc2ccccc21. The van der Waals surface area contributed by atoms with Crippen LogP contribution < -0.4 is 4.90 Å². The first-order valence-corrected chi connectivity index (χ1v) is 12.0. The highest BCUT2D eigenvalue weighted by Crippen LogP contribution is 2.33. The van der Waals surface area contributed by atoms with E-state index in [2.05, 4.69) is 54.8 Å². The molecule has 4 heteroatoms. The van der Waals surface area contributed by atoms with Gasteiger partial charge in [-0.3, -0.25) is 4.79 Å². The fourth-order valence-electron chi connectivity index (χ4n) is 4.79. The van der Waals surface area contributed by atoms with Crippen molar-refractivity contribution >= 4 is 22.6 Å². The molecule has 1 saturated heterocycles. The van der Waals surface area contributed by atoms with Crippen molar-refractivity contribution in [3.05, 3.63) is 59.9 Å². The largest absolute Gasteiger partial charge is 0.328 e. The Morgan fingerprint density at radius 3 is 2.55 bits per heavy atom. The van der Waals surface area contributed by atoms with Crippen molar-refractivity contribution in [3.8, 4) is 0 Å². The van der Waals surface area contributed by atoms with Crippen LogP contribution in [0, 0.1) is 6.92 Å². The third-order valence-electron chi connectivity index (χ3n) is 6.47. The van der Waals surface area contributed by atoms with Crippen molar-refractivity contribution in [1.82, 2.24) is 9.55 Å². The highest BCUT2D eigenvalue weighted by atomic mass is 16.2. The molecule has 0 unspecified atom stereocenters. The van der Waals surface area contributed by atoms with Crippen molar-refractivity contribution in [2.24, 2.45) is 0 Å². The third kappa shape index (κ3) is 5.00. The summed E-state index contributed by atoms with van der Waals surface area (Å²) in [6.45, 7) is 6.03. The van der Waals surface area contributed by atoms with E-state index >= 15 is 0 Å². The van der Waals surface area contributed by atoms with Gasteiger partial charge in [0.1, 0.15) is 5.82 Å². The minimum absolute atomic E-state index is 0.143. The molecule has 1 atom stereocenters. The number of unbranched alkanes of at least 4 members (excludes halogenated alkanes) is 6.